The Bertz CT molecular complexity index is 2340. The molecule has 0 spiro atoms. The monoisotopic (exact) mass is 550 g/mol. The Labute approximate surface area is 250 Å². The van der Waals surface area contributed by atoms with E-state index in [-0.39, 0.29) is 11.8 Å². The van der Waals surface area contributed by atoms with E-state index in [1.54, 1.807) is 0 Å². The van der Waals surface area contributed by atoms with Crippen molar-refractivity contribution < 1.29 is 4.42 Å². The van der Waals surface area contributed by atoms with Crippen LogP contribution in [0, 0.1) is 11.8 Å². The topological polar surface area (TPSA) is 13.1 Å². The summed E-state index contributed by atoms with van der Waals surface area (Å²) < 4.78 is 6.38. The number of allylic oxidation sites excluding steroid dienone is 8. The first kappa shape index (κ1) is 24.5. The summed E-state index contributed by atoms with van der Waals surface area (Å²) in [5, 5.41) is 7.50. The molecule has 1 heteroatoms. The molecule has 1 heterocycles. The SMILES string of the molecule is C1=CC2C(C3=C(c4ccccc4)C=CCC3)=c3ccccc3=C(c3ccc4oc5cc6ccccc6cc5c4c3)C2C=C1. The fourth-order valence-corrected chi connectivity index (χ4v) is 7.64. The zero-order valence-electron chi connectivity index (χ0n) is 23.8. The third-order valence-electron chi connectivity index (χ3n) is 9.54. The summed E-state index contributed by atoms with van der Waals surface area (Å²) >= 11 is 0. The van der Waals surface area contributed by atoms with Crippen LogP contribution in [0.3, 0.4) is 0 Å². The maximum absolute atomic E-state index is 6.38. The van der Waals surface area contributed by atoms with Gasteiger partial charge in [0.25, 0.3) is 0 Å². The average Bonchev–Trinajstić information content (AvgIpc) is 3.43. The lowest BCUT2D eigenvalue weighted by atomic mass is 9.68. The van der Waals surface area contributed by atoms with Gasteiger partial charge in [0.05, 0.1) is 0 Å². The fraction of sp³-hybridized carbons (Fsp3) is 0.0952. The van der Waals surface area contributed by atoms with Crippen molar-refractivity contribution in [3.63, 3.8) is 0 Å². The van der Waals surface area contributed by atoms with Gasteiger partial charge in [-0.25, -0.2) is 0 Å². The lowest BCUT2D eigenvalue weighted by Gasteiger charge is -2.35. The number of benzene rings is 5. The molecule has 9 rings (SSSR count). The van der Waals surface area contributed by atoms with Crippen LogP contribution < -0.4 is 10.4 Å². The highest BCUT2D eigenvalue weighted by Crippen LogP contribution is 2.45. The van der Waals surface area contributed by atoms with E-state index < -0.39 is 0 Å². The minimum Gasteiger partial charge on any atom is -0.456 e. The van der Waals surface area contributed by atoms with E-state index in [2.05, 4.69) is 146 Å². The molecule has 3 aliphatic carbocycles. The van der Waals surface area contributed by atoms with Crippen LogP contribution in [-0.2, 0) is 0 Å². The van der Waals surface area contributed by atoms with Crippen LogP contribution >= 0.6 is 0 Å². The van der Waals surface area contributed by atoms with Crippen LogP contribution in [0.15, 0.2) is 156 Å². The second kappa shape index (κ2) is 9.71. The minimum atomic E-state index is 0.252. The van der Waals surface area contributed by atoms with Gasteiger partial charge < -0.3 is 4.42 Å². The van der Waals surface area contributed by atoms with Crippen LogP contribution in [0.1, 0.15) is 24.0 Å². The Morgan fingerprint density at radius 1 is 0.558 bits per heavy atom. The highest BCUT2D eigenvalue weighted by molar-refractivity contribution is 6.10. The van der Waals surface area contributed by atoms with E-state index in [9.17, 15) is 0 Å². The van der Waals surface area contributed by atoms with Crippen LogP contribution in [0.4, 0.5) is 0 Å². The molecular formula is C42H30O. The Hall–Kier alpha value is -5.14. The standard InChI is InChI=1S/C42H30O/c1-2-12-27(13-3-1)31-16-6-7-17-32(31)42-35-20-10-8-18-33(35)41(34-19-9-11-21-36(34)42)30-22-23-39-37(25-30)38-24-28-14-4-5-15-29(28)26-40(38)43-39/h1-6,8-16,18-26,33,35H,7,17H2. The zero-order valence-corrected chi connectivity index (χ0v) is 23.8. The minimum absolute atomic E-state index is 0.252. The Morgan fingerprint density at radius 3 is 2.05 bits per heavy atom. The summed E-state index contributed by atoms with van der Waals surface area (Å²) in [5.41, 5.74) is 10.2. The number of furan rings is 1. The first-order valence-electron chi connectivity index (χ1n) is 15.3. The molecule has 204 valence electrons. The molecular weight excluding hydrogens is 520 g/mol. The second-order valence-corrected chi connectivity index (χ2v) is 11.9. The molecule has 0 radical (unpaired) electrons. The van der Waals surface area contributed by atoms with Crippen molar-refractivity contribution in [1.29, 1.82) is 0 Å². The van der Waals surface area contributed by atoms with Gasteiger partial charge in [-0.2, -0.15) is 0 Å². The zero-order chi connectivity index (χ0) is 28.3. The molecule has 1 aromatic heterocycles. The summed E-state index contributed by atoms with van der Waals surface area (Å²) in [5.74, 6) is 0.526. The van der Waals surface area contributed by atoms with Crippen molar-refractivity contribution >= 4 is 49.4 Å². The Balaban J connectivity index is 1.35. The molecule has 0 N–H and O–H groups in total. The predicted molar refractivity (Wildman–Crippen MR) is 180 cm³/mol. The largest absolute Gasteiger partial charge is 0.456 e. The molecule has 5 aromatic carbocycles. The summed E-state index contributed by atoms with van der Waals surface area (Å²) in [7, 11) is 0. The molecule has 2 atom stereocenters. The first-order chi connectivity index (χ1) is 21.3. The molecule has 0 aliphatic heterocycles. The quantitative estimate of drug-likeness (QED) is 0.214. The highest BCUT2D eigenvalue weighted by atomic mass is 16.3. The van der Waals surface area contributed by atoms with Crippen molar-refractivity contribution in [3.05, 3.63) is 173 Å². The van der Waals surface area contributed by atoms with Gasteiger partial charge in [0.2, 0.25) is 0 Å². The van der Waals surface area contributed by atoms with Crippen molar-refractivity contribution in [1.82, 2.24) is 0 Å². The van der Waals surface area contributed by atoms with Crippen molar-refractivity contribution in [2.75, 3.05) is 0 Å². The molecule has 1 nitrogen and oxygen atoms in total. The summed E-state index contributed by atoms with van der Waals surface area (Å²) in [6.07, 6.45) is 16.1. The third-order valence-corrected chi connectivity index (χ3v) is 9.54. The summed E-state index contributed by atoms with van der Waals surface area (Å²) in [4.78, 5) is 0. The van der Waals surface area contributed by atoms with Crippen molar-refractivity contribution in [2.24, 2.45) is 11.8 Å². The lowest BCUT2D eigenvalue weighted by molar-refractivity contribution is 0.669. The number of fused-ring (bicyclic) bond motifs is 6. The summed E-state index contributed by atoms with van der Waals surface area (Å²) in [6, 6.07) is 39.8. The number of hydrogen-bond acceptors (Lipinski definition) is 1. The van der Waals surface area contributed by atoms with Crippen molar-refractivity contribution in [2.45, 2.75) is 12.8 Å². The van der Waals surface area contributed by atoms with E-state index >= 15 is 0 Å². The maximum Gasteiger partial charge on any atom is 0.136 e. The number of hydrogen-bond donors (Lipinski definition) is 0. The number of rotatable bonds is 3. The third kappa shape index (κ3) is 3.85. The van der Waals surface area contributed by atoms with Crippen LogP contribution in [-0.4, -0.2) is 0 Å². The van der Waals surface area contributed by atoms with Gasteiger partial charge in [-0.1, -0.05) is 121 Å². The second-order valence-electron chi connectivity index (χ2n) is 11.9. The van der Waals surface area contributed by atoms with Gasteiger partial charge in [0.1, 0.15) is 11.2 Å². The lowest BCUT2D eigenvalue weighted by Crippen LogP contribution is -2.40. The normalized spacial score (nSPS) is 19.4. The summed E-state index contributed by atoms with van der Waals surface area (Å²) in [6.45, 7) is 0. The first-order valence-corrected chi connectivity index (χ1v) is 15.3. The molecule has 0 saturated heterocycles. The van der Waals surface area contributed by atoms with E-state index in [0.29, 0.717) is 0 Å². The average molecular weight is 551 g/mol. The fourth-order valence-electron chi connectivity index (χ4n) is 7.64. The van der Waals surface area contributed by atoms with Gasteiger partial charge in [0.15, 0.2) is 0 Å². The van der Waals surface area contributed by atoms with E-state index in [1.807, 2.05) is 0 Å². The molecule has 0 saturated carbocycles. The van der Waals surface area contributed by atoms with Crippen LogP contribution in [0.2, 0.25) is 0 Å². The van der Waals surface area contributed by atoms with E-state index in [4.69, 9.17) is 4.42 Å². The molecule has 3 aliphatic rings. The van der Waals surface area contributed by atoms with E-state index in [1.165, 1.54) is 65.4 Å². The van der Waals surface area contributed by atoms with Crippen molar-refractivity contribution in [3.8, 4) is 0 Å². The molecule has 0 fully saturated rings. The van der Waals surface area contributed by atoms with Crippen LogP contribution in [0.25, 0.3) is 49.4 Å². The predicted octanol–water partition coefficient (Wildman–Crippen LogP) is 9.26. The Morgan fingerprint density at radius 2 is 1.23 bits per heavy atom. The van der Waals surface area contributed by atoms with Gasteiger partial charge in [-0.15, -0.1) is 0 Å². The highest BCUT2D eigenvalue weighted by Gasteiger charge is 2.33. The van der Waals surface area contributed by atoms with Gasteiger partial charge in [-0.05, 0) is 91.7 Å². The van der Waals surface area contributed by atoms with Gasteiger partial charge in [0, 0.05) is 22.6 Å². The molecule has 6 aromatic rings. The van der Waals surface area contributed by atoms with Gasteiger partial charge >= 0.3 is 0 Å². The molecule has 0 amide bonds. The molecule has 43 heavy (non-hydrogen) atoms. The Kier molecular flexibility index (Phi) is 5.52. The van der Waals surface area contributed by atoms with Crippen LogP contribution in [0.5, 0.6) is 0 Å². The smallest absolute Gasteiger partial charge is 0.136 e. The molecule has 2 unspecified atom stereocenters. The molecule has 0 bridgehead atoms. The van der Waals surface area contributed by atoms with Gasteiger partial charge in [-0.3, -0.25) is 0 Å². The van der Waals surface area contributed by atoms with E-state index in [0.717, 1.165) is 24.0 Å². The maximum atomic E-state index is 6.38.